The number of fused-ring (bicyclic) bond motifs is 6. The molecule has 60 heavy (non-hydrogen) atoms. The van der Waals surface area contributed by atoms with Gasteiger partial charge in [0.05, 0.1) is 22.1 Å². The van der Waals surface area contributed by atoms with Gasteiger partial charge in [0.15, 0.2) is 0 Å². The lowest BCUT2D eigenvalue weighted by Crippen LogP contribution is -2.09. The van der Waals surface area contributed by atoms with Gasteiger partial charge >= 0.3 is 0 Å². The summed E-state index contributed by atoms with van der Waals surface area (Å²) in [6.07, 6.45) is 0. The number of aryl methyl sites for hydroxylation is 3. The first kappa shape index (κ1) is 37.9. The maximum atomic E-state index is 2.34. The van der Waals surface area contributed by atoms with Crippen molar-refractivity contribution in [1.82, 2.24) is 9.13 Å². The maximum absolute atomic E-state index is 2.34. The molecule has 11 aromatic rings. The Morgan fingerprint density at radius 3 is 1.08 bits per heavy atom. The number of nitrogens with zero attached hydrogens (tertiary/aromatic N) is 3. The highest BCUT2D eigenvalue weighted by Gasteiger charge is 2.13. The van der Waals surface area contributed by atoms with E-state index in [1.165, 1.54) is 88.7 Å². The van der Waals surface area contributed by atoms with Crippen molar-refractivity contribution in [2.24, 2.45) is 0 Å². The molecule has 0 aliphatic carbocycles. The molecule has 0 bridgehead atoms. The van der Waals surface area contributed by atoms with Crippen LogP contribution in [0.5, 0.6) is 0 Å². The molecule has 9 aromatic carbocycles. The van der Waals surface area contributed by atoms with Gasteiger partial charge in [0, 0.05) is 50.0 Å². The van der Waals surface area contributed by atoms with Crippen molar-refractivity contribution in [3.63, 3.8) is 0 Å². The van der Waals surface area contributed by atoms with Crippen molar-refractivity contribution in [2.45, 2.75) is 20.8 Å². The van der Waals surface area contributed by atoms with Gasteiger partial charge in [-0.1, -0.05) is 156 Å². The van der Waals surface area contributed by atoms with Crippen molar-refractivity contribution in [1.29, 1.82) is 0 Å². The van der Waals surface area contributed by atoms with E-state index in [0.717, 1.165) is 0 Å². The van der Waals surface area contributed by atoms with E-state index in [1.807, 2.05) is 12.1 Å². The van der Waals surface area contributed by atoms with Gasteiger partial charge in [0.25, 0.3) is 0 Å². The number of hydrogen-bond donors (Lipinski definition) is 0. The Hall–Kier alpha value is -7.62. The van der Waals surface area contributed by atoms with Crippen molar-refractivity contribution in [2.75, 3.05) is 4.90 Å². The molecule has 0 saturated carbocycles. The number of benzene rings is 9. The second-order valence-electron chi connectivity index (χ2n) is 15.3. The number of aromatic nitrogens is 2. The van der Waals surface area contributed by atoms with Gasteiger partial charge in [-0.3, -0.25) is 0 Å². The Bertz CT molecular complexity index is 3050. The molecule has 11 rings (SSSR count). The molecule has 2 aromatic heterocycles. The summed E-state index contributed by atoms with van der Waals surface area (Å²) in [5.74, 6) is 0. The smallest absolute Gasteiger partial charge is 0.0541 e. The van der Waals surface area contributed by atoms with Crippen LogP contribution in [0, 0.1) is 20.8 Å². The second kappa shape index (κ2) is 17.1. The van der Waals surface area contributed by atoms with Crippen LogP contribution in [0.3, 0.4) is 0 Å². The summed E-state index contributed by atoms with van der Waals surface area (Å²) >= 11 is 0. The average molecular weight is 774 g/mol. The summed E-state index contributed by atoms with van der Waals surface area (Å²) in [6.45, 7) is 6.38. The molecule has 0 aliphatic heterocycles. The third-order valence-electron chi connectivity index (χ3n) is 11.0. The van der Waals surface area contributed by atoms with Crippen LogP contribution in [0.1, 0.15) is 16.7 Å². The Balaban J connectivity index is 0.000000116. The van der Waals surface area contributed by atoms with Gasteiger partial charge in [-0.05, 0) is 112 Å². The van der Waals surface area contributed by atoms with Crippen LogP contribution in [-0.2, 0) is 0 Å². The molecule has 0 aliphatic rings. The maximum Gasteiger partial charge on any atom is 0.0541 e. The third kappa shape index (κ3) is 7.69. The monoisotopic (exact) mass is 773 g/mol. The van der Waals surface area contributed by atoms with Crippen LogP contribution in [0.25, 0.3) is 55.0 Å². The number of hydrogen-bond acceptors (Lipinski definition) is 1. The van der Waals surface area contributed by atoms with Crippen molar-refractivity contribution >= 4 is 60.7 Å². The highest BCUT2D eigenvalue weighted by molar-refractivity contribution is 6.10. The lowest BCUT2D eigenvalue weighted by Gasteiger charge is -2.25. The fourth-order valence-corrected chi connectivity index (χ4v) is 8.13. The molecule has 0 amide bonds. The van der Waals surface area contributed by atoms with E-state index >= 15 is 0 Å². The quantitative estimate of drug-likeness (QED) is 0.170. The molecule has 0 fully saturated rings. The molecule has 2 heterocycles. The van der Waals surface area contributed by atoms with Crippen LogP contribution in [0.4, 0.5) is 17.1 Å². The van der Waals surface area contributed by atoms with E-state index in [2.05, 4.69) is 253 Å². The summed E-state index contributed by atoms with van der Waals surface area (Å²) in [6, 6.07) is 81.2. The minimum atomic E-state index is 1.17. The van der Waals surface area contributed by atoms with Gasteiger partial charge in [-0.15, -0.1) is 0 Å². The molecule has 0 radical (unpaired) electrons. The highest BCUT2D eigenvalue weighted by Crippen LogP contribution is 2.35. The Kier molecular flexibility index (Phi) is 10.8. The minimum absolute atomic E-state index is 1.17. The van der Waals surface area contributed by atoms with Crippen LogP contribution in [-0.4, -0.2) is 9.13 Å². The van der Waals surface area contributed by atoms with Gasteiger partial charge in [-0.25, -0.2) is 0 Å². The summed E-state index contributed by atoms with van der Waals surface area (Å²) < 4.78 is 4.67. The lowest BCUT2D eigenvalue weighted by molar-refractivity contribution is 1.17. The predicted molar refractivity (Wildman–Crippen MR) is 257 cm³/mol. The lowest BCUT2D eigenvalue weighted by atomic mass is 10.1. The van der Waals surface area contributed by atoms with E-state index in [0.29, 0.717) is 0 Å². The Morgan fingerprint density at radius 1 is 0.267 bits per heavy atom. The minimum Gasteiger partial charge on any atom is -0.311 e. The first-order valence-electron chi connectivity index (χ1n) is 20.6. The molecule has 3 nitrogen and oxygen atoms in total. The number of rotatable bonds is 5. The van der Waals surface area contributed by atoms with Gasteiger partial charge < -0.3 is 14.0 Å². The van der Waals surface area contributed by atoms with Crippen molar-refractivity contribution < 1.29 is 0 Å². The average Bonchev–Trinajstić information content (AvgIpc) is 3.82. The zero-order valence-electron chi connectivity index (χ0n) is 34.3. The van der Waals surface area contributed by atoms with E-state index in [4.69, 9.17) is 0 Å². The molecule has 0 unspecified atom stereocenters. The number of anilines is 3. The van der Waals surface area contributed by atoms with Crippen LogP contribution < -0.4 is 4.90 Å². The van der Waals surface area contributed by atoms with E-state index in [1.54, 1.807) is 0 Å². The molecular formula is C57H47N3. The zero-order chi connectivity index (χ0) is 40.8. The molecule has 0 spiro atoms. The summed E-state index contributed by atoms with van der Waals surface area (Å²) in [4.78, 5) is 2.26. The largest absolute Gasteiger partial charge is 0.311 e. The van der Waals surface area contributed by atoms with Gasteiger partial charge in [0.1, 0.15) is 0 Å². The second-order valence-corrected chi connectivity index (χ2v) is 15.3. The summed E-state index contributed by atoms with van der Waals surface area (Å²) in [5, 5.41) is 5.26. The zero-order valence-corrected chi connectivity index (χ0v) is 34.3. The normalized spacial score (nSPS) is 10.9. The van der Waals surface area contributed by atoms with Crippen molar-refractivity contribution in [3.05, 3.63) is 247 Å². The van der Waals surface area contributed by atoms with E-state index in [-0.39, 0.29) is 0 Å². The Morgan fingerprint density at radius 2 is 0.600 bits per heavy atom. The molecular weight excluding hydrogens is 727 g/mol. The standard InChI is InChI=1S/2C19H15N.C19H17N/c1-14-10-12-15(13-11-14)20-18-8-4-2-6-16(18)17-7-3-5-9-19(17)20;1-14-11-12-19-17(13-14)16-9-5-6-10-18(16)20(19)15-7-3-2-4-8-15;1-16-12-14-19(15-13-16)20(17-8-4-2-5-9-17)18-10-6-3-7-11-18/h2*2-13H,1H3;2-15H,1H3. The first-order chi connectivity index (χ1) is 29.5. The highest BCUT2D eigenvalue weighted by atomic mass is 15.1. The fraction of sp³-hybridized carbons (Fsp3) is 0.0526. The fourth-order valence-electron chi connectivity index (χ4n) is 8.13. The molecule has 290 valence electrons. The van der Waals surface area contributed by atoms with Crippen LogP contribution >= 0.6 is 0 Å². The molecule has 0 saturated heterocycles. The number of para-hydroxylation sites is 6. The molecule has 3 heteroatoms. The summed E-state index contributed by atoms with van der Waals surface area (Å²) in [7, 11) is 0. The van der Waals surface area contributed by atoms with Crippen molar-refractivity contribution in [3.8, 4) is 11.4 Å². The third-order valence-corrected chi connectivity index (χ3v) is 11.0. The Labute approximate surface area is 352 Å². The van der Waals surface area contributed by atoms with Gasteiger partial charge in [0.2, 0.25) is 0 Å². The van der Waals surface area contributed by atoms with Gasteiger partial charge in [-0.2, -0.15) is 0 Å². The molecule has 0 N–H and O–H groups in total. The van der Waals surface area contributed by atoms with E-state index in [9.17, 15) is 0 Å². The summed E-state index contributed by atoms with van der Waals surface area (Å²) in [5.41, 5.74) is 14.9. The topological polar surface area (TPSA) is 13.1 Å². The molecule has 0 atom stereocenters. The first-order valence-corrected chi connectivity index (χ1v) is 20.6. The van der Waals surface area contributed by atoms with Crippen LogP contribution in [0.2, 0.25) is 0 Å². The predicted octanol–water partition coefficient (Wildman–Crippen LogP) is 15.6. The van der Waals surface area contributed by atoms with E-state index < -0.39 is 0 Å². The van der Waals surface area contributed by atoms with Crippen LogP contribution in [0.15, 0.2) is 231 Å². The SMILES string of the molecule is Cc1ccc(-n2c3ccccc3c3ccccc32)cc1.Cc1ccc(N(c2ccccc2)c2ccccc2)cc1.Cc1ccc2c(c1)c1ccccc1n2-c1ccccc1.